The monoisotopic (exact) mass is 661 g/mol. The first-order valence-electron chi connectivity index (χ1n) is 15.5. The van der Waals surface area contributed by atoms with Gasteiger partial charge in [0.1, 0.15) is 23.6 Å². The fraction of sp³-hybridized carbons (Fsp3) is 0.625. The second kappa shape index (κ2) is 13.5. The Balaban J connectivity index is 1.67. The number of methoxy groups -OCH3 is 2. The normalized spacial score (nSPS) is 24.8. The van der Waals surface area contributed by atoms with Gasteiger partial charge in [-0.1, -0.05) is 57.8 Å². The number of hydrogen-bond donors (Lipinski definition) is 3. The molecular weight excluding hydrogens is 618 g/mol. The Morgan fingerprint density at radius 3 is 2.33 bits per heavy atom. The Labute approximate surface area is 273 Å². The Bertz CT molecular complexity index is 1440. The lowest BCUT2D eigenvalue weighted by molar-refractivity contribution is -0.145. The predicted octanol–water partition coefficient (Wildman–Crippen LogP) is 2.35. The Morgan fingerprint density at radius 2 is 1.78 bits per heavy atom. The van der Waals surface area contributed by atoms with Crippen molar-refractivity contribution < 1.29 is 38.3 Å². The molecule has 46 heavy (non-hydrogen) atoms. The quantitative estimate of drug-likeness (QED) is 0.286. The highest BCUT2D eigenvalue weighted by molar-refractivity contribution is 6.37. The van der Waals surface area contributed by atoms with Crippen molar-refractivity contribution in [3.05, 3.63) is 22.7 Å². The summed E-state index contributed by atoms with van der Waals surface area (Å²) in [5.41, 5.74) is 4.48. The number of oxime groups is 1. The molecule has 1 saturated carbocycles. The average molecular weight is 662 g/mol. The van der Waals surface area contributed by atoms with E-state index in [9.17, 15) is 24.0 Å². The van der Waals surface area contributed by atoms with E-state index >= 15 is 0 Å². The van der Waals surface area contributed by atoms with E-state index in [1.54, 1.807) is 19.1 Å². The van der Waals surface area contributed by atoms with Crippen molar-refractivity contribution in [1.82, 2.24) is 15.5 Å². The lowest BCUT2D eigenvalue weighted by Gasteiger charge is -2.35. The highest BCUT2D eigenvalue weighted by atomic mass is 35.5. The number of nitrogens with one attached hydrogen (secondary N) is 2. The van der Waals surface area contributed by atoms with Gasteiger partial charge in [-0.05, 0) is 30.2 Å². The number of carbonyl (C=O) groups is 5. The summed E-state index contributed by atoms with van der Waals surface area (Å²) in [6, 6.07) is 0.0636. The fourth-order valence-electron chi connectivity index (χ4n) is 6.11. The zero-order chi connectivity index (χ0) is 34.1. The number of likely N-dealkylation sites (tertiary alicyclic amines) is 1. The third-order valence-corrected chi connectivity index (χ3v) is 9.20. The number of carbonyl (C=O) groups excluding carboxylic acids is 5. The topological polar surface area (TPSA) is 179 Å². The number of nitrogens with two attached hydrogens (primary N) is 1. The number of ether oxygens (including phenoxy) is 2. The van der Waals surface area contributed by atoms with E-state index in [0.717, 1.165) is 6.42 Å². The summed E-state index contributed by atoms with van der Waals surface area (Å²) in [4.78, 5) is 73.0. The van der Waals surface area contributed by atoms with Crippen molar-refractivity contribution in [2.75, 3.05) is 20.8 Å². The van der Waals surface area contributed by atoms with Gasteiger partial charge in [-0.25, -0.2) is 0 Å². The summed E-state index contributed by atoms with van der Waals surface area (Å²) >= 11 is 6.42. The van der Waals surface area contributed by atoms with Crippen LogP contribution in [0.1, 0.15) is 72.3 Å². The van der Waals surface area contributed by atoms with Crippen LogP contribution < -0.4 is 25.8 Å². The molecule has 14 heteroatoms. The van der Waals surface area contributed by atoms with E-state index in [1.165, 1.54) is 19.1 Å². The highest BCUT2D eigenvalue weighted by Gasteiger charge is 2.56. The van der Waals surface area contributed by atoms with Crippen molar-refractivity contribution in [1.29, 1.82) is 0 Å². The highest BCUT2D eigenvalue weighted by Crippen LogP contribution is 2.43. The zero-order valence-corrected chi connectivity index (χ0v) is 28.2. The van der Waals surface area contributed by atoms with Crippen molar-refractivity contribution in [3.8, 4) is 11.5 Å². The molecular formula is C32H44ClN5O8. The largest absolute Gasteiger partial charge is 0.496 e. The number of rotatable bonds is 12. The standard InChI is InChI=1S/C32H44ClN5O8/c1-8-9-20(25(39)27(34)40)35-29(42)22-14-32(13-21(37-46-32)18-11-19(33)24(45-7)12-23(18)44-6)15-38(22)30(43)26(31(3,4)5)36-28(41)17-10-16(17)2/h11-12,16-17,20,22,26H,8-10,13-15H2,1-7H3,(H2,34,40)(H,35,42)(H,36,41)/t16-,17-,20+,22+,26-,32-/m1/s1. The zero-order valence-electron chi connectivity index (χ0n) is 27.4. The molecule has 0 radical (unpaired) electrons. The number of ketones is 1. The van der Waals surface area contributed by atoms with Crippen LogP contribution in [0.2, 0.25) is 5.02 Å². The smallest absolute Gasteiger partial charge is 0.287 e. The summed E-state index contributed by atoms with van der Waals surface area (Å²) in [6.07, 6.45) is 1.64. The Kier molecular flexibility index (Phi) is 10.2. The van der Waals surface area contributed by atoms with E-state index in [0.29, 0.717) is 34.2 Å². The van der Waals surface area contributed by atoms with Gasteiger partial charge in [-0.15, -0.1) is 0 Å². The van der Waals surface area contributed by atoms with Crippen LogP contribution in [0.3, 0.4) is 0 Å². The molecule has 2 aliphatic heterocycles. The van der Waals surface area contributed by atoms with Gasteiger partial charge in [0.05, 0.1) is 37.5 Å². The molecule has 2 heterocycles. The van der Waals surface area contributed by atoms with Crippen LogP contribution in [0.5, 0.6) is 11.5 Å². The summed E-state index contributed by atoms with van der Waals surface area (Å²) < 4.78 is 10.9. The van der Waals surface area contributed by atoms with Crippen molar-refractivity contribution in [2.24, 2.45) is 28.1 Å². The molecule has 1 saturated heterocycles. The van der Waals surface area contributed by atoms with Crippen LogP contribution in [0.15, 0.2) is 17.3 Å². The molecule has 252 valence electrons. The van der Waals surface area contributed by atoms with E-state index < -0.39 is 52.6 Å². The van der Waals surface area contributed by atoms with Gasteiger partial charge in [0, 0.05) is 30.4 Å². The molecule has 2 fully saturated rings. The van der Waals surface area contributed by atoms with E-state index in [-0.39, 0.29) is 43.6 Å². The number of nitrogens with zero attached hydrogens (tertiary/aromatic N) is 2. The first-order valence-corrected chi connectivity index (χ1v) is 15.8. The Morgan fingerprint density at radius 1 is 1.13 bits per heavy atom. The molecule has 1 spiro atoms. The first kappa shape index (κ1) is 35.0. The van der Waals surface area contributed by atoms with Gasteiger partial charge in [-0.3, -0.25) is 24.0 Å². The van der Waals surface area contributed by atoms with Crippen LogP contribution in [-0.2, 0) is 28.8 Å². The summed E-state index contributed by atoms with van der Waals surface area (Å²) in [5, 5.41) is 10.3. The van der Waals surface area contributed by atoms with Crippen molar-refractivity contribution in [2.45, 2.75) is 90.4 Å². The first-order chi connectivity index (χ1) is 21.5. The molecule has 3 aliphatic rings. The van der Waals surface area contributed by atoms with Crippen LogP contribution in [-0.4, -0.2) is 84.5 Å². The number of halogens is 1. The Hall–Kier alpha value is -3.87. The SMILES string of the molecule is CCC[C@H](NC(=O)[C@@H]1C[C@]2(CC(c3cc(Cl)c(OC)cc3OC)=NO2)CN1C(=O)[C@@H](NC(=O)[C@@H]1C[C@H]1C)C(C)(C)C)C(=O)C(N)=O. The molecule has 4 N–H and O–H groups in total. The minimum Gasteiger partial charge on any atom is -0.496 e. The van der Waals surface area contributed by atoms with Gasteiger partial charge in [0.15, 0.2) is 5.60 Å². The van der Waals surface area contributed by atoms with Crippen LogP contribution in [0.25, 0.3) is 0 Å². The maximum absolute atomic E-state index is 14.4. The van der Waals surface area contributed by atoms with Crippen LogP contribution in [0, 0.1) is 17.3 Å². The van der Waals surface area contributed by atoms with Gasteiger partial charge in [0.25, 0.3) is 5.91 Å². The second-order valence-corrected chi connectivity index (χ2v) is 14.0. The van der Waals surface area contributed by atoms with Crippen molar-refractivity contribution in [3.63, 3.8) is 0 Å². The lowest BCUT2D eigenvalue weighted by atomic mass is 9.85. The maximum atomic E-state index is 14.4. The minimum absolute atomic E-state index is 0.0256. The number of hydrogen-bond acceptors (Lipinski definition) is 9. The van der Waals surface area contributed by atoms with Crippen LogP contribution >= 0.6 is 11.6 Å². The molecule has 1 aromatic carbocycles. The van der Waals surface area contributed by atoms with Gasteiger partial charge < -0.3 is 35.6 Å². The van der Waals surface area contributed by atoms with Gasteiger partial charge in [0.2, 0.25) is 23.5 Å². The molecule has 1 aromatic rings. The molecule has 6 atom stereocenters. The molecule has 0 unspecified atom stereocenters. The van der Waals surface area contributed by atoms with E-state index in [1.807, 2.05) is 27.7 Å². The summed E-state index contributed by atoms with van der Waals surface area (Å²) in [6.45, 7) is 9.25. The van der Waals surface area contributed by atoms with Gasteiger partial charge >= 0.3 is 0 Å². The maximum Gasteiger partial charge on any atom is 0.287 e. The molecule has 0 bridgehead atoms. The second-order valence-electron chi connectivity index (χ2n) is 13.6. The number of amides is 4. The molecule has 0 aromatic heterocycles. The minimum atomic E-state index is -1.16. The third kappa shape index (κ3) is 7.24. The number of benzene rings is 1. The predicted molar refractivity (Wildman–Crippen MR) is 169 cm³/mol. The van der Waals surface area contributed by atoms with Crippen molar-refractivity contribution >= 4 is 46.7 Å². The fourth-order valence-corrected chi connectivity index (χ4v) is 6.35. The number of Topliss-reactive ketones (excluding diaryl/α,β-unsaturated/α-hetero) is 1. The molecule has 1 aliphatic carbocycles. The molecule has 4 amide bonds. The molecule has 4 rings (SSSR count). The average Bonchev–Trinajstić information content (AvgIpc) is 3.42. The summed E-state index contributed by atoms with van der Waals surface area (Å²) in [7, 11) is 2.99. The van der Waals surface area contributed by atoms with Gasteiger partial charge in [-0.2, -0.15) is 0 Å². The summed E-state index contributed by atoms with van der Waals surface area (Å²) in [5.74, 6) is -2.50. The van der Waals surface area contributed by atoms with E-state index in [4.69, 9.17) is 31.6 Å². The molecule has 13 nitrogen and oxygen atoms in total. The third-order valence-electron chi connectivity index (χ3n) is 8.91. The van der Waals surface area contributed by atoms with E-state index in [2.05, 4.69) is 15.8 Å². The lowest BCUT2D eigenvalue weighted by Crippen LogP contribution is -2.59. The van der Waals surface area contributed by atoms with Crippen LogP contribution in [0.4, 0.5) is 0 Å². The number of primary amides is 1.